The zero-order valence-electron chi connectivity index (χ0n) is 10.4. The molecule has 0 radical (unpaired) electrons. The summed E-state index contributed by atoms with van der Waals surface area (Å²) >= 11 is 0. The normalized spacial score (nSPS) is 10.2. The molecule has 1 heterocycles. The van der Waals surface area contributed by atoms with Gasteiger partial charge in [-0.15, -0.1) is 0 Å². The predicted molar refractivity (Wildman–Crippen MR) is 72.1 cm³/mol. The number of benzene rings is 1. The highest BCUT2D eigenvalue weighted by atomic mass is 14.9. The minimum absolute atomic E-state index is 0.781. The smallest absolute Gasteiger partial charge is 0.0623 e. The van der Waals surface area contributed by atoms with Crippen molar-refractivity contribution in [1.82, 2.24) is 4.98 Å². The molecule has 2 aromatic rings. The van der Waals surface area contributed by atoms with Gasteiger partial charge in [0.25, 0.3) is 0 Å². The number of aromatic nitrogens is 1. The zero-order valence-corrected chi connectivity index (χ0v) is 10.4. The van der Waals surface area contributed by atoms with E-state index in [0.29, 0.717) is 0 Å². The van der Waals surface area contributed by atoms with Gasteiger partial charge in [-0.25, -0.2) is 0 Å². The maximum atomic E-state index is 4.39. The fourth-order valence-corrected chi connectivity index (χ4v) is 1.88. The lowest BCUT2D eigenvalue weighted by Gasteiger charge is -2.11. The van der Waals surface area contributed by atoms with Crippen LogP contribution in [0, 0.1) is 6.92 Å². The third-order valence-corrected chi connectivity index (χ3v) is 2.96. The Morgan fingerprint density at radius 1 is 1.12 bits per heavy atom. The molecule has 0 atom stereocenters. The van der Waals surface area contributed by atoms with Gasteiger partial charge in [0.15, 0.2) is 0 Å². The third-order valence-electron chi connectivity index (χ3n) is 2.96. The van der Waals surface area contributed by atoms with Gasteiger partial charge >= 0.3 is 0 Å². The van der Waals surface area contributed by atoms with Crippen molar-refractivity contribution in [3.63, 3.8) is 0 Å². The summed E-state index contributed by atoms with van der Waals surface area (Å²) in [5, 5.41) is 3.46. The summed E-state index contributed by atoms with van der Waals surface area (Å²) in [7, 11) is 0. The van der Waals surface area contributed by atoms with Crippen molar-refractivity contribution < 1.29 is 0 Å². The summed E-state index contributed by atoms with van der Waals surface area (Å²) in [6, 6.07) is 12.5. The Labute approximate surface area is 103 Å². The van der Waals surface area contributed by atoms with Gasteiger partial charge in [-0.05, 0) is 36.6 Å². The number of para-hydroxylation sites is 1. The lowest BCUT2D eigenvalue weighted by Crippen LogP contribution is -2.05. The van der Waals surface area contributed by atoms with Gasteiger partial charge < -0.3 is 5.32 Å². The maximum Gasteiger partial charge on any atom is 0.0623 e. The van der Waals surface area contributed by atoms with Crippen molar-refractivity contribution >= 4 is 5.69 Å². The fraction of sp³-hybridized carbons (Fsp3) is 0.267. The van der Waals surface area contributed by atoms with Crippen LogP contribution < -0.4 is 5.32 Å². The fourth-order valence-electron chi connectivity index (χ4n) is 1.88. The lowest BCUT2D eigenvalue weighted by atomic mass is 10.1. The summed E-state index contributed by atoms with van der Waals surface area (Å²) in [5.74, 6) is 0. The quantitative estimate of drug-likeness (QED) is 0.862. The summed E-state index contributed by atoms with van der Waals surface area (Å²) in [6.45, 7) is 5.05. The molecule has 1 aromatic carbocycles. The van der Waals surface area contributed by atoms with Crippen molar-refractivity contribution in [2.24, 2.45) is 0 Å². The van der Waals surface area contributed by atoms with Gasteiger partial charge in [-0.1, -0.05) is 31.2 Å². The number of nitrogens with one attached hydrogen (secondary N) is 1. The highest BCUT2D eigenvalue weighted by Crippen LogP contribution is 2.16. The van der Waals surface area contributed by atoms with E-state index in [1.807, 2.05) is 12.3 Å². The first-order chi connectivity index (χ1) is 8.31. The van der Waals surface area contributed by atoms with E-state index < -0.39 is 0 Å². The molecular formula is C15H18N2. The van der Waals surface area contributed by atoms with Crippen molar-refractivity contribution in [2.75, 3.05) is 5.32 Å². The molecule has 0 aliphatic rings. The highest BCUT2D eigenvalue weighted by Gasteiger charge is 2.01. The van der Waals surface area contributed by atoms with Crippen molar-refractivity contribution in [1.29, 1.82) is 0 Å². The molecule has 0 saturated carbocycles. The average Bonchev–Trinajstić information content (AvgIpc) is 2.38. The van der Waals surface area contributed by atoms with E-state index in [-0.39, 0.29) is 0 Å². The Kier molecular flexibility index (Phi) is 3.76. The summed E-state index contributed by atoms with van der Waals surface area (Å²) in [6.07, 6.45) is 2.89. The number of rotatable bonds is 4. The first-order valence-electron chi connectivity index (χ1n) is 6.03. The Bertz CT molecular complexity index is 492. The SMILES string of the molecule is CCc1ccccc1NCc1ncccc1C. The number of pyridine rings is 1. The van der Waals surface area contributed by atoms with Crippen LogP contribution in [-0.2, 0) is 13.0 Å². The second kappa shape index (κ2) is 5.48. The minimum atomic E-state index is 0.781. The van der Waals surface area contributed by atoms with Crippen LogP contribution in [0.5, 0.6) is 0 Å². The molecule has 0 aliphatic heterocycles. The van der Waals surface area contributed by atoms with Crippen LogP contribution in [0.25, 0.3) is 0 Å². The topological polar surface area (TPSA) is 24.9 Å². The second-order valence-corrected chi connectivity index (χ2v) is 4.13. The Morgan fingerprint density at radius 3 is 2.71 bits per heavy atom. The third kappa shape index (κ3) is 2.84. The zero-order chi connectivity index (χ0) is 12.1. The first kappa shape index (κ1) is 11.6. The Hall–Kier alpha value is -1.83. The first-order valence-corrected chi connectivity index (χ1v) is 6.03. The van der Waals surface area contributed by atoms with Gasteiger partial charge in [0, 0.05) is 11.9 Å². The van der Waals surface area contributed by atoms with Gasteiger partial charge in [-0.2, -0.15) is 0 Å². The van der Waals surface area contributed by atoms with Gasteiger partial charge in [0.1, 0.15) is 0 Å². The van der Waals surface area contributed by atoms with E-state index in [2.05, 4.69) is 54.5 Å². The van der Waals surface area contributed by atoms with Gasteiger partial charge in [0.2, 0.25) is 0 Å². The van der Waals surface area contributed by atoms with Crippen LogP contribution in [0.1, 0.15) is 23.7 Å². The molecule has 0 saturated heterocycles. The molecule has 0 amide bonds. The van der Waals surface area contributed by atoms with E-state index in [1.54, 1.807) is 0 Å². The van der Waals surface area contributed by atoms with E-state index in [1.165, 1.54) is 16.8 Å². The monoisotopic (exact) mass is 226 g/mol. The molecule has 2 rings (SSSR count). The molecule has 0 fully saturated rings. The number of anilines is 1. The number of aryl methyl sites for hydroxylation is 2. The molecule has 17 heavy (non-hydrogen) atoms. The van der Waals surface area contributed by atoms with Crippen molar-refractivity contribution in [2.45, 2.75) is 26.8 Å². The van der Waals surface area contributed by atoms with Crippen molar-refractivity contribution in [3.8, 4) is 0 Å². The number of hydrogen-bond acceptors (Lipinski definition) is 2. The van der Waals surface area contributed by atoms with E-state index in [0.717, 1.165) is 18.7 Å². The van der Waals surface area contributed by atoms with E-state index >= 15 is 0 Å². The molecule has 0 aliphatic carbocycles. The summed E-state index contributed by atoms with van der Waals surface area (Å²) in [5.41, 5.74) is 4.90. The molecule has 2 nitrogen and oxygen atoms in total. The Balaban J connectivity index is 2.10. The van der Waals surface area contributed by atoms with E-state index in [4.69, 9.17) is 0 Å². The van der Waals surface area contributed by atoms with Crippen molar-refractivity contribution in [3.05, 3.63) is 59.4 Å². The summed E-state index contributed by atoms with van der Waals surface area (Å²) in [4.78, 5) is 4.39. The molecule has 88 valence electrons. The van der Waals surface area contributed by atoms with Crippen LogP contribution in [0.4, 0.5) is 5.69 Å². The molecule has 0 bridgehead atoms. The standard InChI is InChI=1S/C15H18N2/c1-3-13-8-4-5-9-14(13)17-11-15-12(2)7-6-10-16-15/h4-10,17H,3,11H2,1-2H3. The van der Waals surface area contributed by atoms with Gasteiger partial charge in [-0.3, -0.25) is 4.98 Å². The molecule has 2 heteroatoms. The van der Waals surface area contributed by atoms with Crippen LogP contribution in [0.15, 0.2) is 42.6 Å². The largest absolute Gasteiger partial charge is 0.379 e. The second-order valence-electron chi connectivity index (χ2n) is 4.13. The van der Waals surface area contributed by atoms with Gasteiger partial charge in [0.05, 0.1) is 12.2 Å². The Morgan fingerprint density at radius 2 is 1.94 bits per heavy atom. The minimum Gasteiger partial charge on any atom is -0.379 e. The van der Waals surface area contributed by atoms with Crippen LogP contribution in [-0.4, -0.2) is 4.98 Å². The molecular weight excluding hydrogens is 208 g/mol. The molecule has 0 unspecified atom stereocenters. The molecule has 1 aromatic heterocycles. The molecule has 1 N–H and O–H groups in total. The molecule has 0 spiro atoms. The van der Waals surface area contributed by atoms with Crippen LogP contribution in [0.2, 0.25) is 0 Å². The highest BCUT2D eigenvalue weighted by molar-refractivity contribution is 5.51. The van der Waals surface area contributed by atoms with Crippen LogP contribution >= 0.6 is 0 Å². The predicted octanol–water partition coefficient (Wildman–Crippen LogP) is 3.56. The summed E-state index contributed by atoms with van der Waals surface area (Å²) < 4.78 is 0. The number of hydrogen-bond donors (Lipinski definition) is 1. The number of nitrogens with zero attached hydrogens (tertiary/aromatic N) is 1. The maximum absolute atomic E-state index is 4.39. The van der Waals surface area contributed by atoms with E-state index in [9.17, 15) is 0 Å². The lowest BCUT2D eigenvalue weighted by molar-refractivity contribution is 1.01. The van der Waals surface area contributed by atoms with Crippen LogP contribution in [0.3, 0.4) is 0 Å². The average molecular weight is 226 g/mol.